The van der Waals surface area contributed by atoms with Crippen LogP contribution in [0, 0.1) is 0 Å². The molecule has 2 N–H and O–H groups in total. The molecule has 20 heavy (non-hydrogen) atoms. The lowest BCUT2D eigenvalue weighted by molar-refractivity contribution is 0.411. The van der Waals surface area contributed by atoms with Gasteiger partial charge in [0.2, 0.25) is 5.89 Å². The van der Waals surface area contributed by atoms with Crippen molar-refractivity contribution in [2.24, 2.45) is 7.05 Å². The Morgan fingerprint density at radius 2 is 2.00 bits per heavy atom. The Kier molecular flexibility index (Phi) is 2.61. The van der Waals surface area contributed by atoms with Gasteiger partial charge >= 0.3 is 0 Å². The number of rotatable bonds is 1. The van der Waals surface area contributed by atoms with E-state index >= 15 is 0 Å². The molecule has 0 aliphatic heterocycles. The first-order chi connectivity index (χ1) is 9.36. The third-order valence-corrected chi connectivity index (χ3v) is 3.32. The third-order valence-electron chi connectivity index (χ3n) is 3.32. The van der Waals surface area contributed by atoms with E-state index in [1.165, 1.54) is 0 Å². The Hall–Kier alpha value is -2.30. The Labute approximate surface area is 117 Å². The molecule has 5 nitrogen and oxygen atoms in total. The molecule has 0 radical (unpaired) electrons. The molecule has 0 bridgehead atoms. The number of oxazole rings is 1. The van der Waals surface area contributed by atoms with E-state index in [2.05, 4.69) is 30.9 Å². The summed E-state index contributed by atoms with van der Waals surface area (Å²) in [6, 6.07) is 5.90. The van der Waals surface area contributed by atoms with Crippen molar-refractivity contribution in [3.05, 3.63) is 30.3 Å². The van der Waals surface area contributed by atoms with Gasteiger partial charge in [-0.2, -0.15) is 5.10 Å². The lowest BCUT2D eigenvalue weighted by Gasteiger charge is -2.11. The van der Waals surface area contributed by atoms with Crippen molar-refractivity contribution in [1.29, 1.82) is 0 Å². The van der Waals surface area contributed by atoms with Crippen molar-refractivity contribution in [1.82, 2.24) is 14.8 Å². The molecule has 0 aliphatic carbocycles. The first-order valence-corrected chi connectivity index (χ1v) is 6.55. The number of benzene rings is 1. The van der Waals surface area contributed by atoms with Gasteiger partial charge in [0.15, 0.2) is 5.58 Å². The van der Waals surface area contributed by atoms with Crippen molar-refractivity contribution < 1.29 is 4.42 Å². The Balaban J connectivity index is 2.13. The van der Waals surface area contributed by atoms with Crippen molar-refractivity contribution >= 4 is 16.9 Å². The van der Waals surface area contributed by atoms with Crippen molar-refractivity contribution in [3.63, 3.8) is 0 Å². The second kappa shape index (κ2) is 4.10. The number of aromatic nitrogens is 3. The summed E-state index contributed by atoms with van der Waals surface area (Å²) >= 11 is 0. The van der Waals surface area contributed by atoms with Crippen LogP contribution in [-0.2, 0) is 12.5 Å². The highest BCUT2D eigenvalue weighted by Gasteiger charge is 2.21. The molecule has 3 rings (SSSR count). The number of hydrogen-bond donors (Lipinski definition) is 1. The molecule has 0 amide bonds. The largest absolute Gasteiger partial charge is 0.440 e. The molecule has 2 aromatic heterocycles. The summed E-state index contributed by atoms with van der Waals surface area (Å²) < 4.78 is 7.45. The number of nitrogens with zero attached hydrogens (tertiary/aromatic N) is 3. The van der Waals surface area contributed by atoms with Crippen LogP contribution in [0.5, 0.6) is 0 Å². The van der Waals surface area contributed by atoms with Gasteiger partial charge in [0.05, 0.1) is 6.20 Å². The van der Waals surface area contributed by atoms with Crippen LogP contribution in [0.4, 0.5) is 5.82 Å². The van der Waals surface area contributed by atoms with Gasteiger partial charge in [-0.25, -0.2) is 4.98 Å². The van der Waals surface area contributed by atoms with Crippen LogP contribution in [0.3, 0.4) is 0 Å². The summed E-state index contributed by atoms with van der Waals surface area (Å²) in [6.07, 6.45) is 1.77. The first kappa shape index (κ1) is 12.7. The van der Waals surface area contributed by atoms with E-state index in [9.17, 15) is 0 Å². The maximum Gasteiger partial charge on any atom is 0.200 e. The van der Waals surface area contributed by atoms with Crippen molar-refractivity contribution in [2.75, 3.05) is 5.73 Å². The first-order valence-electron chi connectivity index (χ1n) is 6.55. The quantitative estimate of drug-likeness (QED) is 0.737. The maximum atomic E-state index is 6.01. The van der Waals surface area contributed by atoms with Gasteiger partial charge in [-0.1, -0.05) is 26.8 Å². The van der Waals surface area contributed by atoms with Gasteiger partial charge in [0.25, 0.3) is 0 Å². The van der Waals surface area contributed by atoms with Gasteiger partial charge in [-0.3, -0.25) is 4.68 Å². The molecular formula is C15H18N4O. The number of hydrogen-bond acceptors (Lipinski definition) is 4. The molecule has 3 aromatic rings. The SMILES string of the molecule is Cn1ncc(-c2ccc3oc(C(C)(C)C)nc3c2)c1N. The van der Waals surface area contributed by atoms with Crippen molar-refractivity contribution in [3.8, 4) is 11.1 Å². The fourth-order valence-corrected chi connectivity index (χ4v) is 2.09. The molecule has 2 heterocycles. The number of nitrogens with two attached hydrogens (primary N) is 1. The highest BCUT2D eigenvalue weighted by atomic mass is 16.3. The summed E-state index contributed by atoms with van der Waals surface area (Å²) in [6.45, 7) is 6.24. The van der Waals surface area contributed by atoms with E-state index in [-0.39, 0.29) is 5.41 Å². The predicted octanol–water partition coefficient (Wildman–Crippen LogP) is 3.11. The van der Waals surface area contributed by atoms with Crippen LogP contribution < -0.4 is 5.73 Å². The van der Waals surface area contributed by atoms with Crippen LogP contribution in [0.2, 0.25) is 0 Å². The minimum atomic E-state index is -0.105. The second-order valence-electron chi connectivity index (χ2n) is 6.02. The topological polar surface area (TPSA) is 69.9 Å². The molecule has 1 aromatic carbocycles. The minimum absolute atomic E-state index is 0.105. The van der Waals surface area contributed by atoms with E-state index < -0.39 is 0 Å². The summed E-state index contributed by atoms with van der Waals surface area (Å²) in [5, 5.41) is 4.16. The van der Waals surface area contributed by atoms with Crippen molar-refractivity contribution in [2.45, 2.75) is 26.2 Å². The zero-order valence-electron chi connectivity index (χ0n) is 12.1. The van der Waals surface area contributed by atoms with Gasteiger partial charge in [-0.15, -0.1) is 0 Å². The van der Waals surface area contributed by atoms with E-state index in [0.29, 0.717) is 5.82 Å². The average Bonchev–Trinajstić information content (AvgIpc) is 2.93. The average molecular weight is 270 g/mol. The molecule has 0 saturated carbocycles. The molecule has 104 valence electrons. The molecule has 0 atom stereocenters. The zero-order chi connectivity index (χ0) is 14.5. The van der Waals surface area contributed by atoms with E-state index in [0.717, 1.165) is 28.1 Å². The minimum Gasteiger partial charge on any atom is -0.440 e. The van der Waals surface area contributed by atoms with Gasteiger partial charge in [-0.05, 0) is 17.7 Å². The van der Waals surface area contributed by atoms with E-state index in [1.807, 2.05) is 25.2 Å². The lowest BCUT2D eigenvalue weighted by Crippen LogP contribution is -2.10. The Morgan fingerprint density at radius 1 is 1.25 bits per heavy atom. The standard InChI is InChI=1S/C15H18N4O/c1-15(2,3)14-18-11-7-9(5-6-12(11)20-14)10-8-17-19(4)13(10)16/h5-8H,16H2,1-4H3. The Bertz CT molecular complexity index is 777. The van der Waals surface area contributed by atoms with Crippen LogP contribution in [0.25, 0.3) is 22.2 Å². The predicted molar refractivity (Wildman–Crippen MR) is 79.3 cm³/mol. The summed E-state index contributed by atoms with van der Waals surface area (Å²) in [5.41, 5.74) is 9.45. The number of aryl methyl sites for hydroxylation is 1. The van der Waals surface area contributed by atoms with Crippen LogP contribution in [0.1, 0.15) is 26.7 Å². The molecular weight excluding hydrogens is 252 g/mol. The molecule has 5 heteroatoms. The fourth-order valence-electron chi connectivity index (χ4n) is 2.09. The second-order valence-corrected chi connectivity index (χ2v) is 6.02. The van der Waals surface area contributed by atoms with Gasteiger partial charge < -0.3 is 10.2 Å². The molecule has 0 aliphatic rings. The molecule has 0 spiro atoms. The monoisotopic (exact) mass is 270 g/mol. The lowest BCUT2D eigenvalue weighted by atomic mass is 9.97. The molecule has 0 unspecified atom stereocenters. The van der Waals surface area contributed by atoms with Gasteiger partial charge in [0, 0.05) is 18.0 Å². The van der Waals surface area contributed by atoms with E-state index in [1.54, 1.807) is 10.9 Å². The van der Waals surface area contributed by atoms with Crippen LogP contribution >= 0.6 is 0 Å². The summed E-state index contributed by atoms with van der Waals surface area (Å²) in [4.78, 5) is 4.57. The summed E-state index contributed by atoms with van der Waals surface area (Å²) in [5.74, 6) is 1.38. The summed E-state index contributed by atoms with van der Waals surface area (Å²) in [7, 11) is 1.82. The molecule has 0 fully saturated rings. The number of nitrogen functional groups attached to an aromatic ring is 1. The fraction of sp³-hybridized carbons (Fsp3) is 0.333. The zero-order valence-corrected chi connectivity index (χ0v) is 12.1. The highest BCUT2D eigenvalue weighted by Crippen LogP contribution is 2.30. The highest BCUT2D eigenvalue weighted by molar-refractivity contribution is 5.83. The molecule has 0 saturated heterocycles. The maximum absolute atomic E-state index is 6.01. The van der Waals surface area contributed by atoms with E-state index in [4.69, 9.17) is 10.2 Å². The van der Waals surface area contributed by atoms with Gasteiger partial charge in [0.1, 0.15) is 11.3 Å². The number of fused-ring (bicyclic) bond motifs is 1. The normalized spacial score (nSPS) is 12.2. The van der Waals surface area contributed by atoms with Crippen LogP contribution in [-0.4, -0.2) is 14.8 Å². The smallest absolute Gasteiger partial charge is 0.200 e. The number of anilines is 1. The van der Waals surface area contributed by atoms with Crippen LogP contribution in [0.15, 0.2) is 28.8 Å². The Morgan fingerprint density at radius 3 is 2.60 bits per heavy atom. The third kappa shape index (κ3) is 1.95.